The molecule has 76 valence electrons. The number of aromatic hydroxyl groups is 1. The quantitative estimate of drug-likeness (QED) is 0.588. The molecular weight excluding hydrogens is 189 g/mol. The molecule has 0 aromatic heterocycles. The van der Waals surface area contributed by atoms with E-state index in [-0.39, 0.29) is 0 Å². The van der Waals surface area contributed by atoms with Gasteiger partial charge in [-0.15, -0.1) is 0 Å². The monoisotopic (exact) mass is 201 g/mol. The molecule has 0 spiro atoms. The number of phenols is 1. The summed E-state index contributed by atoms with van der Waals surface area (Å²) in [5.74, 6) is 0.300. The van der Waals surface area contributed by atoms with Gasteiger partial charge < -0.3 is 15.0 Å². The van der Waals surface area contributed by atoms with E-state index in [9.17, 15) is 5.11 Å². The van der Waals surface area contributed by atoms with Crippen LogP contribution in [0, 0.1) is 0 Å². The van der Waals surface area contributed by atoms with Crippen LogP contribution in [0.25, 0.3) is 10.8 Å². The van der Waals surface area contributed by atoms with E-state index in [0.29, 0.717) is 13.4 Å². The molecule has 15 heavy (non-hydrogen) atoms. The Bertz CT molecular complexity index is 473. The van der Waals surface area contributed by atoms with Gasteiger partial charge in [0.1, 0.15) is 5.75 Å². The third-order valence-electron chi connectivity index (χ3n) is 2.31. The molecule has 0 amide bonds. The smallest absolute Gasteiger partial charge is 0.393 e. The molecule has 0 radical (unpaired) electrons. The summed E-state index contributed by atoms with van der Waals surface area (Å²) in [6, 6.07) is 11.2. The Hall–Kier alpha value is -1.68. The number of hydrogen-bond acceptors (Lipinski definition) is 3. The zero-order chi connectivity index (χ0) is 10.7. The Balaban J connectivity index is 2.51. The fraction of sp³-hybridized carbons (Fsp3) is 0.0909. The van der Waals surface area contributed by atoms with Crippen LogP contribution in [0.2, 0.25) is 0 Å². The van der Waals surface area contributed by atoms with Crippen LogP contribution in [-0.4, -0.2) is 19.8 Å². The summed E-state index contributed by atoms with van der Waals surface area (Å²) in [7, 11) is 2.09. The van der Waals surface area contributed by atoms with Gasteiger partial charge in [-0.05, 0) is 12.1 Å². The normalized spacial score (nSPS) is 10.2. The van der Waals surface area contributed by atoms with Crippen LogP contribution in [0.5, 0.6) is 5.75 Å². The van der Waals surface area contributed by atoms with E-state index >= 15 is 0 Å². The van der Waals surface area contributed by atoms with Crippen molar-refractivity contribution in [3.05, 3.63) is 36.4 Å². The van der Waals surface area contributed by atoms with Crippen molar-refractivity contribution in [2.45, 2.75) is 0 Å². The first-order valence-corrected chi connectivity index (χ1v) is 4.76. The molecule has 0 heterocycles. The van der Waals surface area contributed by atoms with E-state index in [0.717, 1.165) is 16.5 Å². The summed E-state index contributed by atoms with van der Waals surface area (Å²) in [5, 5.41) is 14.6. The van der Waals surface area contributed by atoms with Crippen molar-refractivity contribution in [3.63, 3.8) is 0 Å². The van der Waals surface area contributed by atoms with Crippen molar-refractivity contribution in [1.29, 1.82) is 0 Å². The minimum absolute atomic E-state index is 0.300. The molecule has 2 rings (SSSR count). The zero-order valence-corrected chi connectivity index (χ0v) is 8.53. The lowest BCUT2D eigenvalue weighted by molar-refractivity contribution is 0.446. The van der Waals surface area contributed by atoms with Gasteiger partial charge in [0, 0.05) is 23.6 Å². The first kappa shape index (κ1) is 9.86. The van der Waals surface area contributed by atoms with Crippen LogP contribution in [0.1, 0.15) is 0 Å². The number of nitrogens with one attached hydrogen (secondary N) is 1. The summed E-state index contributed by atoms with van der Waals surface area (Å²) in [5.41, 5.74) is 0.963. The van der Waals surface area contributed by atoms with Crippen LogP contribution in [0.15, 0.2) is 36.4 Å². The van der Waals surface area contributed by atoms with Crippen LogP contribution < -0.4 is 5.23 Å². The number of phenolic OH excluding ortho intramolecular Hbond substituents is 1. The van der Waals surface area contributed by atoms with Gasteiger partial charge in [-0.3, -0.25) is 0 Å². The van der Waals surface area contributed by atoms with Gasteiger partial charge in [0.05, 0.1) is 0 Å². The molecule has 2 aromatic rings. The van der Waals surface area contributed by atoms with Crippen LogP contribution in [0.3, 0.4) is 0 Å². The van der Waals surface area contributed by atoms with E-state index in [1.165, 1.54) is 0 Å². The lowest BCUT2D eigenvalue weighted by atomic mass is 10.1. The second kappa shape index (κ2) is 4.23. The zero-order valence-electron chi connectivity index (χ0n) is 8.53. The van der Waals surface area contributed by atoms with Crippen molar-refractivity contribution in [2.24, 2.45) is 0 Å². The number of fused-ring (bicyclic) bond motifs is 1. The van der Waals surface area contributed by atoms with Crippen molar-refractivity contribution in [3.8, 4) is 5.75 Å². The second-order valence-corrected chi connectivity index (χ2v) is 3.29. The Labute approximate surface area is 89.0 Å². The molecule has 0 atom stereocenters. The van der Waals surface area contributed by atoms with Gasteiger partial charge in [-0.1, -0.05) is 24.3 Å². The second-order valence-electron chi connectivity index (χ2n) is 3.29. The predicted octanol–water partition coefficient (Wildman–Crippen LogP) is 1.87. The Morgan fingerprint density at radius 2 is 1.87 bits per heavy atom. The van der Waals surface area contributed by atoms with Gasteiger partial charge in [0.2, 0.25) is 0 Å². The molecule has 0 aliphatic rings. The van der Waals surface area contributed by atoms with E-state index in [4.69, 9.17) is 4.65 Å². The summed E-state index contributed by atoms with van der Waals surface area (Å²) >= 11 is 0. The lowest BCUT2D eigenvalue weighted by Gasteiger charge is -2.08. The first-order valence-electron chi connectivity index (χ1n) is 4.76. The Morgan fingerprint density at radius 3 is 2.60 bits per heavy atom. The van der Waals surface area contributed by atoms with Gasteiger partial charge in [-0.2, -0.15) is 0 Å². The maximum absolute atomic E-state index is 9.66. The van der Waals surface area contributed by atoms with Crippen molar-refractivity contribution in [2.75, 3.05) is 12.3 Å². The average molecular weight is 201 g/mol. The number of rotatable bonds is 3. The summed E-state index contributed by atoms with van der Waals surface area (Å²) < 4.78 is 4.95. The largest absolute Gasteiger partial charge is 0.507 e. The topological polar surface area (TPSA) is 41.5 Å². The van der Waals surface area contributed by atoms with Crippen molar-refractivity contribution in [1.82, 2.24) is 0 Å². The highest BCUT2D eigenvalue weighted by Gasteiger charge is 2.03. The van der Waals surface area contributed by atoms with Crippen LogP contribution in [-0.2, 0) is 4.65 Å². The molecule has 0 fully saturated rings. The molecule has 2 N–H and O–H groups in total. The SMILES string of the molecule is COBNc1ccc(O)c2ccccc12. The number of hydrogen-bond donors (Lipinski definition) is 2. The molecule has 4 heteroatoms. The fourth-order valence-corrected chi connectivity index (χ4v) is 1.59. The highest BCUT2D eigenvalue weighted by Crippen LogP contribution is 2.30. The van der Waals surface area contributed by atoms with E-state index in [1.807, 2.05) is 30.3 Å². The highest BCUT2D eigenvalue weighted by molar-refractivity contribution is 6.33. The number of benzene rings is 2. The summed E-state index contributed by atoms with van der Waals surface area (Å²) in [4.78, 5) is 0. The highest BCUT2D eigenvalue weighted by atomic mass is 16.4. The lowest BCUT2D eigenvalue weighted by Crippen LogP contribution is -2.08. The average Bonchev–Trinajstić information content (AvgIpc) is 2.29. The van der Waals surface area contributed by atoms with Crippen molar-refractivity contribution < 1.29 is 9.76 Å². The van der Waals surface area contributed by atoms with E-state index < -0.39 is 0 Å². The summed E-state index contributed by atoms with van der Waals surface area (Å²) in [6.45, 7) is 0. The maximum atomic E-state index is 9.66. The minimum atomic E-state index is 0.300. The predicted molar refractivity (Wildman–Crippen MR) is 63.4 cm³/mol. The van der Waals surface area contributed by atoms with Crippen molar-refractivity contribution >= 4 is 24.1 Å². The molecular formula is C11H12BNO2. The Kier molecular flexibility index (Phi) is 2.78. The van der Waals surface area contributed by atoms with Gasteiger partial charge in [0.15, 0.2) is 0 Å². The van der Waals surface area contributed by atoms with Crippen LogP contribution >= 0.6 is 0 Å². The maximum Gasteiger partial charge on any atom is 0.393 e. The minimum Gasteiger partial charge on any atom is -0.507 e. The van der Waals surface area contributed by atoms with Crippen LogP contribution in [0.4, 0.5) is 5.69 Å². The molecule has 0 unspecified atom stereocenters. The van der Waals surface area contributed by atoms with Gasteiger partial charge >= 0.3 is 7.62 Å². The van der Waals surface area contributed by atoms with Gasteiger partial charge in [0.25, 0.3) is 0 Å². The molecule has 0 aliphatic carbocycles. The Morgan fingerprint density at radius 1 is 1.13 bits per heavy atom. The molecule has 2 aromatic carbocycles. The summed E-state index contributed by atoms with van der Waals surface area (Å²) in [6.07, 6.45) is 0. The first-order chi connectivity index (χ1) is 7.33. The molecule has 0 bridgehead atoms. The standard InChI is InChI=1S/C11H12BNO2/c1-15-12-13-10-6-7-11(14)9-5-3-2-4-8(9)10/h2-7,12-14H,1H3. The fourth-order valence-electron chi connectivity index (χ4n) is 1.59. The van der Waals surface area contributed by atoms with E-state index in [2.05, 4.69) is 5.23 Å². The molecule has 0 saturated heterocycles. The van der Waals surface area contributed by atoms with E-state index in [1.54, 1.807) is 13.2 Å². The van der Waals surface area contributed by atoms with Gasteiger partial charge in [-0.25, -0.2) is 0 Å². The third-order valence-corrected chi connectivity index (χ3v) is 2.31. The molecule has 0 aliphatic heterocycles. The molecule has 3 nitrogen and oxygen atoms in total. The molecule has 0 saturated carbocycles. The third kappa shape index (κ3) is 1.90. The number of anilines is 1.